The number of hydrogen-bond acceptors (Lipinski definition) is 6. The molecule has 1 aliphatic rings. The quantitative estimate of drug-likeness (QED) is 0.508. The molecule has 4 aromatic rings. The van der Waals surface area contributed by atoms with E-state index in [1.165, 1.54) is 24.1 Å². The number of para-hydroxylation sites is 1. The Morgan fingerprint density at radius 2 is 1.79 bits per heavy atom. The second-order valence-electron chi connectivity index (χ2n) is 8.05. The smallest absolute Gasteiger partial charge is 0.246 e. The van der Waals surface area contributed by atoms with Crippen LogP contribution in [0, 0.1) is 12.7 Å². The van der Waals surface area contributed by atoms with Gasteiger partial charge in [-0.25, -0.2) is 19.0 Å². The van der Waals surface area contributed by atoms with Crippen molar-refractivity contribution in [2.75, 3.05) is 41.3 Å². The second-order valence-corrected chi connectivity index (χ2v) is 8.05. The first kappa shape index (κ1) is 20.9. The van der Waals surface area contributed by atoms with Crippen molar-refractivity contribution in [1.29, 1.82) is 0 Å². The van der Waals surface area contributed by atoms with Crippen LogP contribution in [-0.2, 0) is 11.3 Å². The Morgan fingerprint density at radius 3 is 2.55 bits per heavy atom. The molecule has 0 radical (unpaired) electrons. The molecule has 8 nitrogen and oxygen atoms in total. The summed E-state index contributed by atoms with van der Waals surface area (Å²) in [4.78, 5) is 26.1. The number of nitrogens with one attached hydrogen (secondary N) is 1. The minimum atomic E-state index is -0.336. The van der Waals surface area contributed by atoms with Gasteiger partial charge in [-0.2, -0.15) is 5.10 Å². The SMILES string of the molecule is Cc1cc(F)ccc1NC(=O)Cn1ncc2c(N3CCN(c4ccccc4)CC3)ncnc21. The molecule has 2 aromatic heterocycles. The number of rotatable bonds is 5. The van der Waals surface area contributed by atoms with Crippen molar-refractivity contribution in [3.63, 3.8) is 0 Å². The fraction of sp³-hybridized carbons (Fsp3) is 0.250. The molecular weight excluding hydrogens is 421 g/mol. The molecule has 1 aliphatic heterocycles. The van der Waals surface area contributed by atoms with Crippen molar-refractivity contribution in [2.45, 2.75) is 13.5 Å². The number of hydrogen-bond donors (Lipinski definition) is 1. The second kappa shape index (κ2) is 8.85. The zero-order valence-electron chi connectivity index (χ0n) is 18.3. The van der Waals surface area contributed by atoms with Gasteiger partial charge in [0.15, 0.2) is 5.65 Å². The number of benzene rings is 2. The molecule has 0 saturated carbocycles. The average Bonchev–Trinajstić information content (AvgIpc) is 3.24. The van der Waals surface area contributed by atoms with E-state index >= 15 is 0 Å². The third-order valence-electron chi connectivity index (χ3n) is 5.87. The number of halogens is 1. The van der Waals surface area contributed by atoms with Gasteiger partial charge >= 0.3 is 0 Å². The van der Waals surface area contributed by atoms with Gasteiger partial charge in [-0.15, -0.1) is 0 Å². The summed E-state index contributed by atoms with van der Waals surface area (Å²) in [7, 11) is 0. The number of nitrogens with zero attached hydrogens (tertiary/aromatic N) is 6. The summed E-state index contributed by atoms with van der Waals surface area (Å²) >= 11 is 0. The van der Waals surface area contributed by atoms with E-state index < -0.39 is 0 Å². The molecule has 9 heteroatoms. The fourth-order valence-electron chi connectivity index (χ4n) is 4.16. The van der Waals surface area contributed by atoms with Crippen LogP contribution in [-0.4, -0.2) is 51.8 Å². The van der Waals surface area contributed by atoms with E-state index in [0.29, 0.717) is 16.9 Å². The lowest BCUT2D eigenvalue weighted by Gasteiger charge is -2.36. The van der Waals surface area contributed by atoms with Gasteiger partial charge in [-0.05, 0) is 42.8 Å². The lowest BCUT2D eigenvalue weighted by molar-refractivity contribution is -0.116. The van der Waals surface area contributed by atoms with Crippen molar-refractivity contribution >= 4 is 34.1 Å². The standard InChI is InChI=1S/C24H24FN7O/c1-17-13-18(25)7-8-21(17)29-22(33)15-32-24-20(14-28-32)23(26-16-27-24)31-11-9-30(10-12-31)19-5-3-2-4-6-19/h2-8,13-14,16H,9-12,15H2,1H3,(H,29,33). The molecule has 33 heavy (non-hydrogen) atoms. The lowest BCUT2D eigenvalue weighted by atomic mass is 10.2. The first-order valence-corrected chi connectivity index (χ1v) is 10.9. The first-order valence-electron chi connectivity index (χ1n) is 10.9. The number of amides is 1. The van der Waals surface area contributed by atoms with Gasteiger partial charge in [0.2, 0.25) is 5.91 Å². The van der Waals surface area contributed by atoms with Crippen LogP contribution >= 0.6 is 0 Å². The van der Waals surface area contributed by atoms with E-state index in [-0.39, 0.29) is 18.3 Å². The molecule has 1 fully saturated rings. The Balaban J connectivity index is 1.30. The number of anilines is 3. The maximum Gasteiger partial charge on any atom is 0.246 e. The minimum absolute atomic E-state index is 0.00143. The van der Waals surface area contributed by atoms with E-state index in [4.69, 9.17) is 0 Å². The number of carbonyl (C=O) groups excluding carboxylic acids is 1. The maximum atomic E-state index is 13.3. The van der Waals surface area contributed by atoms with Crippen LogP contribution in [0.5, 0.6) is 0 Å². The highest BCUT2D eigenvalue weighted by molar-refractivity contribution is 5.93. The summed E-state index contributed by atoms with van der Waals surface area (Å²) < 4.78 is 14.9. The van der Waals surface area contributed by atoms with Crippen molar-refractivity contribution in [3.05, 3.63) is 72.4 Å². The predicted octanol–water partition coefficient (Wildman–Crippen LogP) is 3.24. The summed E-state index contributed by atoms with van der Waals surface area (Å²) in [5.41, 5.74) is 3.06. The Labute approximate surface area is 190 Å². The zero-order chi connectivity index (χ0) is 22.8. The van der Waals surface area contributed by atoms with Gasteiger partial charge in [0.25, 0.3) is 0 Å². The summed E-state index contributed by atoms with van der Waals surface area (Å²) in [6.07, 6.45) is 3.23. The van der Waals surface area contributed by atoms with Gasteiger partial charge < -0.3 is 15.1 Å². The molecule has 1 N–H and O–H groups in total. The van der Waals surface area contributed by atoms with Gasteiger partial charge in [-0.1, -0.05) is 18.2 Å². The van der Waals surface area contributed by atoms with Gasteiger partial charge in [-0.3, -0.25) is 4.79 Å². The molecule has 3 heterocycles. The van der Waals surface area contributed by atoms with Crippen LogP contribution in [0.1, 0.15) is 5.56 Å². The van der Waals surface area contributed by atoms with Gasteiger partial charge in [0.1, 0.15) is 24.5 Å². The summed E-state index contributed by atoms with van der Waals surface area (Å²) in [5, 5.41) is 8.02. The number of aryl methyl sites for hydroxylation is 1. The highest BCUT2D eigenvalue weighted by Crippen LogP contribution is 2.25. The van der Waals surface area contributed by atoms with Crippen LogP contribution < -0.4 is 15.1 Å². The third kappa shape index (κ3) is 4.34. The van der Waals surface area contributed by atoms with Crippen molar-refractivity contribution in [3.8, 4) is 0 Å². The highest BCUT2D eigenvalue weighted by Gasteiger charge is 2.22. The Morgan fingerprint density at radius 1 is 1.03 bits per heavy atom. The van der Waals surface area contributed by atoms with E-state index in [2.05, 4.69) is 54.4 Å². The first-order chi connectivity index (χ1) is 16.1. The monoisotopic (exact) mass is 445 g/mol. The molecule has 5 rings (SSSR count). The van der Waals surface area contributed by atoms with Crippen LogP contribution in [0.2, 0.25) is 0 Å². The molecule has 0 atom stereocenters. The Bertz CT molecular complexity index is 1280. The van der Waals surface area contributed by atoms with E-state index in [9.17, 15) is 9.18 Å². The molecule has 0 unspecified atom stereocenters. The van der Waals surface area contributed by atoms with E-state index in [1.54, 1.807) is 23.9 Å². The number of piperazine rings is 1. The van der Waals surface area contributed by atoms with Crippen LogP contribution in [0.3, 0.4) is 0 Å². The lowest BCUT2D eigenvalue weighted by Crippen LogP contribution is -2.46. The van der Waals surface area contributed by atoms with Gasteiger partial charge in [0, 0.05) is 37.6 Å². The number of aromatic nitrogens is 4. The fourth-order valence-corrected chi connectivity index (χ4v) is 4.16. The Hall–Kier alpha value is -4.01. The normalized spacial score (nSPS) is 14.0. The summed E-state index contributed by atoms with van der Waals surface area (Å²) in [5.74, 6) is 0.234. The molecule has 1 saturated heterocycles. The van der Waals surface area contributed by atoms with Crippen molar-refractivity contribution in [2.24, 2.45) is 0 Å². The van der Waals surface area contributed by atoms with Crippen molar-refractivity contribution in [1.82, 2.24) is 19.7 Å². The number of fused-ring (bicyclic) bond motifs is 1. The van der Waals surface area contributed by atoms with Gasteiger partial charge in [0.05, 0.1) is 11.6 Å². The predicted molar refractivity (Wildman–Crippen MR) is 126 cm³/mol. The largest absolute Gasteiger partial charge is 0.368 e. The Kier molecular flexibility index (Phi) is 5.60. The molecule has 2 aromatic carbocycles. The molecule has 0 spiro atoms. The molecular formula is C24H24FN7O. The topological polar surface area (TPSA) is 79.2 Å². The van der Waals surface area contributed by atoms with Crippen LogP contribution in [0.4, 0.5) is 21.6 Å². The van der Waals surface area contributed by atoms with Crippen LogP contribution in [0.25, 0.3) is 11.0 Å². The average molecular weight is 446 g/mol. The summed E-state index contributed by atoms with van der Waals surface area (Å²) in [6, 6.07) is 14.6. The van der Waals surface area contributed by atoms with E-state index in [0.717, 1.165) is 37.4 Å². The molecule has 1 amide bonds. The zero-order valence-corrected chi connectivity index (χ0v) is 18.3. The maximum absolute atomic E-state index is 13.3. The minimum Gasteiger partial charge on any atom is -0.368 e. The van der Waals surface area contributed by atoms with Crippen LogP contribution in [0.15, 0.2) is 61.1 Å². The highest BCUT2D eigenvalue weighted by atomic mass is 19.1. The third-order valence-corrected chi connectivity index (χ3v) is 5.87. The number of carbonyl (C=O) groups is 1. The molecule has 168 valence electrons. The van der Waals surface area contributed by atoms with E-state index in [1.807, 2.05) is 6.07 Å². The summed E-state index contributed by atoms with van der Waals surface area (Å²) in [6.45, 7) is 5.19. The molecule has 0 aliphatic carbocycles. The molecule has 0 bridgehead atoms. The van der Waals surface area contributed by atoms with Crippen molar-refractivity contribution < 1.29 is 9.18 Å².